The van der Waals surface area contributed by atoms with Crippen LogP contribution >= 0.6 is 0 Å². The number of sulfonamides is 2. The quantitative estimate of drug-likeness (QED) is 0.682. The molecule has 0 aromatic heterocycles. The van der Waals surface area contributed by atoms with Crippen molar-refractivity contribution in [3.63, 3.8) is 0 Å². The first-order valence-corrected chi connectivity index (χ1v) is 12.3. The summed E-state index contributed by atoms with van der Waals surface area (Å²) in [6.45, 7) is 2.52. The van der Waals surface area contributed by atoms with E-state index in [-0.39, 0.29) is 36.0 Å². The van der Waals surface area contributed by atoms with Crippen molar-refractivity contribution in [2.75, 3.05) is 26.2 Å². The molecule has 30 heavy (non-hydrogen) atoms. The van der Waals surface area contributed by atoms with Gasteiger partial charge in [0, 0.05) is 26.2 Å². The molecule has 2 aliphatic heterocycles. The minimum Gasteiger partial charge on any atom is -0.384 e. The second-order valence-electron chi connectivity index (χ2n) is 8.24. The maximum atomic E-state index is 12.7. The molecule has 8 nitrogen and oxygen atoms in total. The molecule has 162 valence electrons. The van der Waals surface area contributed by atoms with Crippen molar-refractivity contribution in [2.45, 2.75) is 34.8 Å². The maximum absolute atomic E-state index is 12.7. The zero-order valence-corrected chi connectivity index (χ0v) is 18.3. The summed E-state index contributed by atoms with van der Waals surface area (Å²) in [4.78, 5) is 0.221. The van der Waals surface area contributed by atoms with Crippen molar-refractivity contribution in [3.05, 3.63) is 59.7 Å². The average molecular weight is 453 g/mol. The minimum atomic E-state index is -3.79. The molecular formula is C20H24N2O6S2. The molecule has 2 N–H and O–H groups in total. The Morgan fingerprint density at radius 2 is 0.900 bits per heavy atom. The van der Waals surface area contributed by atoms with E-state index in [1.54, 1.807) is 24.3 Å². The highest BCUT2D eigenvalue weighted by Crippen LogP contribution is 2.42. The summed E-state index contributed by atoms with van der Waals surface area (Å²) < 4.78 is 53.0. The van der Waals surface area contributed by atoms with Crippen LogP contribution in [0.2, 0.25) is 0 Å². The molecule has 0 unspecified atom stereocenters. The van der Waals surface area contributed by atoms with E-state index in [0.29, 0.717) is 0 Å². The lowest BCUT2D eigenvalue weighted by atomic mass is 9.74. The van der Waals surface area contributed by atoms with E-state index in [0.717, 1.165) is 19.7 Å². The second kappa shape index (κ2) is 6.84. The first-order chi connectivity index (χ1) is 13.9. The fourth-order valence-electron chi connectivity index (χ4n) is 3.72. The zero-order chi connectivity index (χ0) is 21.9. The first kappa shape index (κ1) is 21.4. The highest BCUT2D eigenvalue weighted by atomic mass is 32.2. The highest BCUT2D eigenvalue weighted by Gasteiger charge is 2.65. The van der Waals surface area contributed by atoms with Crippen molar-refractivity contribution >= 4 is 20.0 Å². The lowest BCUT2D eigenvalue weighted by Crippen LogP contribution is -2.82. The molecule has 2 aromatic rings. The standard InChI is InChI=1S/C20H24N2O6S2/c1-15-3-7-17(8-4-15)29(25,26)21-11-19(23,12-21)20(24)13-22(14-20)30(27,28)18-9-5-16(2)6-10-18/h3-10,23-24H,11-14H2,1-2H3. The predicted octanol–water partition coefficient (Wildman–Crippen LogP) is 0.474. The first-order valence-electron chi connectivity index (χ1n) is 9.46. The Balaban J connectivity index is 1.45. The summed E-state index contributed by atoms with van der Waals surface area (Å²) in [5.41, 5.74) is -1.56. The van der Waals surface area contributed by atoms with E-state index in [1.807, 2.05) is 13.8 Å². The van der Waals surface area contributed by atoms with Gasteiger partial charge in [-0.25, -0.2) is 16.8 Å². The van der Waals surface area contributed by atoms with E-state index >= 15 is 0 Å². The average Bonchev–Trinajstić information content (AvgIpc) is 2.63. The normalized spacial score (nSPS) is 21.6. The number of hydrogen-bond acceptors (Lipinski definition) is 6. The molecule has 2 aliphatic rings. The van der Waals surface area contributed by atoms with Gasteiger partial charge in [-0.1, -0.05) is 35.4 Å². The molecule has 0 bridgehead atoms. The van der Waals surface area contributed by atoms with Gasteiger partial charge in [0.1, 0.15) is 11.2 Å². The Hall–Kier alpha value is -1.82. The third kappa shape index (κ3) is 3.28. The zero-order valence-electron chi connectivity index (χ0n) is 16.7. The van der Waals surface area contributed by atoms with Crippen LogP contribution in [0.1, 0.15) is 11.1 Å². The van der Waals surface area contributed by atoms with Crippen molar-refractivity contribution in [1.29, 1.82) is 0 Å². The highest BCUT2D eigenvalue weighted by molar-refractivity contribution is 7.89. The Morgan fingerprint density at radius 1 is 0.633 bits per heavy atom. The number of hydrogen-bond donors (Lipinski definition) is 2. The summed E-state index contributed by atoms with van der Waals surface area (Å²) >= 11 is 0. The van der Waals surface area contributed by atoms with Gasteiger partial charge in [-0.05, 0) is 38.1 Å². The maximum Gasteiger partial charge on any atom is 0.243 e. The van der Waals surface area contributed by atoms with E-state index in [2.05, 4.69) is 0 Å². The number of nitrogens with zero attached hydrogens (tertiary/aromatic N) is 2. The number of β-amino-alcohol motifs (C(OH)–C–C–N with tert-alkyl or cyclic N) is 2. The second-order valence-corrected chi connectivity index (χ2v) is 12.1. The molecule has 2 heterocycles. The lowest BCUT2D eigenvalue weighted by Gasteiger charge is -2.59. The fourth-order valence-corrected chi connectivity index (χ4v) is 6.81. The van der Waals surface area contributed by atoms with Crippen LogP contribution in [0, 0.1) is 13.8 Å². The van der Waals surface area contributed by atoms with Crippen LogP contribution in [0.3, 0.4) is 0 Å². The van der Waals surface area contributed by atoms with E-state index in [4.69, 9.17) is 0 Å². The summed E-state index contributed by atoms with van der Waals surface area (Å²) in [7, 11) is -7.59. The van der Waals surface area contributed by atoms with Crippen LogP contribution in [-0.4, -0.2) is 73.0 Å². The molecule has 10 heteroatoms. The number of aryl methyl sites for hydroxylation is 2. The Kier molecular flexibility index (Phi) is 4.88. The minimum absolute atomic E-state index is 0.110. The summed E-state index contributed by atoms with van der Waals surface area (Å²) in [6, 6.07) is 12.7. The third-order valence-corrected chi connectivity index (χ3v) is 9.55. The number of benzene rings is 2. The van der Waals surface area contributed by atoms with E-state index < -0.39 is 31.2 Å². The molecule has 2 aromatic carbocycles. The van der Waals surface area contributed by atoms with Crippen LogP contribution in [0.4, 0.5) is 0 Å². The van der Waals surface area contributed by atoms with Gasteiger partial charge in [-0.3, -0.25) is 0 Å². The number of rotatable bonds is 5. The van der Waals surface area contributed by atoms with E-state index in [9.17, 15) is 27.0 Å². The Bertz CT molecular complexity index is 1070. The van der Waals surface area contributed by atoms with Gasteiger partial charge in [-0.2, -0.15) is 8.61 Å². The van der Waals surface area contributed by atoms with Gasteiger partial charge in [0.05, 0.1) is 9.79 Å². The van der Waals surface area contributed by atoms with Gasteiger partial charge in [0.15, 0.2) is 0 Å². The van der Waals surface area contributed by atoms with Crippen LogP contribution in [0.25, 0.3) is 0 Å². The molecule has 4 rings (SSSR count). The molecule has 0 aliphatic carbocycles. The monoisotopic (exact) mass is 452 g/mol. The fraction of sp³-hybridized carbons (Fsp3) is 0.400. The van der Waals surface area contributed by atoms with Gasteiger partial charge >= 0.3 is 0 Å². The van der Waals surface area contributed by atoms with Gasteiger partial charge in [0.2, 0.25) is 20.0 Å². The van der Waals surface area contributed by atoms with Crippen molar-refractivity contribution in [3.8, 4) is 0 Å². The summed E-state index contributed by atoms with van der Waals surface area (Å²) in [6.07, 6.45) is 0. The smallest absolute Gasteiger partial charge is 0.243 e. The summed E-state index contributed by atoms with van der Waals surface area (Å²) in [5.74, 6) is 0. The van der Waals surface area contributed by atoms with Crippen LogP contribution in [0.15, 0.2) is 58.3 Å². The van der Waals surface area contributed by atoms with E-state index in [1.165, 1.54) is 24.3 Å². The van der Waals surface area contributed by atoms with Crippen LogP contribution in [-0.2, 0) is 20.0 Å². The molecule has 0 spiro atoms. The van der Waals surface area contributed by atoms with Crippen molar-refractivity contribution in [2.24, 2.45) is 0 Å². The molecule has 2 saturated heterocycles. The molecule has 2 fully saturated rings. The van der Waals surface area contributed by atoms with Crippen molar-refractivity contribution in [1.82, 2.24) is 8.61 Å². The molecule has 0 atom stereocenters. The van der Waals surface area contributed by atoms with Gasteiger partial charge in [-0.15, -0.1) is 0 Å². The van der Waals surface area contributed by atoms with Crippen LogP contribution in [0.5, 0.6) is 0 Å². The number of aliphatic hydroxyl groups is 2. The predicted molar refractivity (Wildman–Crippen MR) is 110 cm³/mol. The Morgan fingerprint density at radius 3 is 1.17 bits per heavy atom. The van der Waals surface area contributed by atoms with Gasteiger partial charge in [0.25, 0.3) is 0 Å². The molecule has 0 radical (unpaired) electrons. The third-order valence-electron chi connectivity index (χ3n) is 5.94. The van der Waals surface area contributed by atoms with Crippen LogP contribution < -0.4 is 0 Å². The summed E-state index contributed by atoms with van der Waals surface area (Å²) in [5, 5.41) is 21.7. The molecule has 0 saturated carbocycles. The SMILES string of the molecule is Cc1ccc(S(=O)(=O)N2CC(O)(C3(O)CN(S(=O)(=O)c4ccc(C)cc4)C3)C2)cc1. The van der Waals surface area contributed by atoms with Gasteiger partial charge < -0.3 is 10.2 Å². The Labute approximate surface area is 176 Å². The lowest BCUT2D eigenvalue weighted by molar-refractivity contribution is -0.237. The molecule has 0 amide bonds. The largest absolute Gasteiger partial charge is 0.384 e. The van der Waals surface area contributed by atoms with Crippen molar-refractivity contribution < 1.29 is 27.0 Å². The topological polar surface area (TPSA) is 115 Å². The molecular weight excluding hydrogens is 428 g/mol.